The third-order valence-corrected chi connectivity index (χ3v) is 2.98. The molecule has 0 saturated carbocycles. The van der Waals surface area contributed by atoms with E-state index in [2.05, 4.69) is 21.3 Å². The summed E-state index contributed by atoms with van der Waals surface area (Å²) in [6, 6.07) is 5.84. The molecule has 1 N–H and O–H groups in total. The molecule has 4 heteroatoms. The second-order valence-corrected chi connectivity index (χ2v) is 4.18. The third kappa shape index (κ3) is 2.31. The molecule has 1 fully saturated rings. The maximum atomic E-state index is 8.69. The largest absolute Gasteiger partial charge is 0.356 e. The van der Waals surface area contributed by atoms with Gasteiger partial charge in [0.05, 0.1) is 5.56 Å². The molecule has 2 rings (SSSR count). The minimum Gasteiger partial charge on any atom is -0.356 e. The van der Waals surface area contributed by atoms with Crippen LogP contribution in [0.1, 0.15) is 12.0 Å². The Kier molecular flexibility index (Phi) is 3.37. The Labute approximate surface area is 95.9 Å². The van der Waals surface area contributed by atoms with Crippen LogP contribution in [-0.2, 0) is 0 Å². The number of hydrogen-bond donors (Lipinski definition) is 1. The molecule has 1 saturated heterocycles. The lowest BCUT2D eigenvalue weighted by atomic mass is 10.1. The van der Waals surface area contributed by atoms with Crippen molar-refractivity contribution in [3.05, 3.63) is 23.9 Å². The fourth-order valence-corrected chi connectivity index (χ4v) is 2.14. The molecule has 0 bridgehead atoms. The molecule has 1 aromatic heterocycles. The van der Waals surface area contributed by atoms with E-state index in [1.165, 1.54) is 6.42 Å². The first-order valence-electron chi connectivity index (χ1n) is 5.59. The van der Waals surface area contributed by atoms with Gasteiger partial charge in [-0.15, -0.1) is 0 Å². The monoisotopic (exact) mass is 216 g/mol. The van der Waals surface area contributed by atoms with Crippen LogP contribution in [0.5, 0.6) is 0 Å². The van der Waals surface area contributed by atoms with Crippen LogP contribution in [0.4, 0.5) is 5.82 Å². The molecule has 16 heavy (non-hydrogen) atoms. The van der Waals surface area contributed by atoms with Crippen molar-refractivity contribution in [1.29, 1.82) is 5.26 Å². The zero-order chi connectivity index (χ0) is 11.4. The molecule has 1 aromatic rings. The van der Waals surface area contributed by atoms with E-state index in [1.54, 1.807) is 6.20 Å². The fraction of sp³-hybridized carbons (Fsp3) is 0.500. The summed E-state index contributed by atoms with van der Waals surface area (Å²) in [5.41, 5.74) is 0.620. The van der Waals surface area contributed by atoms with Crippen molar-refractivity contribution in [2.24, 2.45) is 5.92 Å². The zero-order valence-corrected chi connectivity index (χ0v) is 9.48. The van der Waals surface area contributed by atoms with Crippen LogP contribution in [0.15, 0.2) is 18.3 Å². The van der Waals surface area contributed by atoms with E-state index in [0.717, 1.165) is 25.5 Å². The lowest BCUT2D eigenvalue weighted by Crippen LogP contribution is -2.24. The lowest BCUT2D eigenvalue weighted by Gasteiger charge is -2.17. The molecule has 0 aliphatic carbocycles. The van der Waals surface area contributed by atoms with Crippen molar-refractivity contribution in [2.45, 2.75) is 6.42 Å². The van der Waals surface area contributed by atoms with E-state index in [9.17, 15) is 0 Å². The molecule has 0 spiro atoms. The number of nitrogens with one attached hydrogen (secondary N) is 1. The van der Waals surface area contributed by atoms with Crippen molar-refractivity contribution in [2.75, 3.05) is 31.6 Å². The summed E-state index contributed by atoms with van der Waals surface area (Å²) in [5, 5.41) is 11.9. The Balaban J connectivity index is 2.00. The van der Waals surface area contributed by atoms with E-state index in [1.807, 2.05) is 19.2 Å². The molecule has 1 aliphatic heterocycles. The number of aromatic nitrogens is 1. The van der Waals surface area contributed by atoms with E-state index in [0.29, 0.717) is 11.5 Å². The van der Waals surface area contributed by atoms with Crippen LogP contribution in [0.25, 0.3) is 0 Å². The quantitative estimate of drug-likeness (QED) is 0.819. The maximum Gasteiger partial charge on any atom is 0.128 e. The highest BCUT2D eigenvalue weighted by atomic mass is 15.2. The van der Waals surface area contributed by atoms with Gasteiger partial charge in [0.1, 0.15) is 11.9 Å². The summed E-state index contributed by atoms with van der Waals surface area (Å²) in [6.07, 6.45) is 2.85. The maximum absolute atomic E-state index is 8.69. The Hall–Kier alpha value is -1.60. The number of nitrogens with zero attached hydrogens (tertiary/aromatic N) is 3. The first-order valence-corrected chi connectivity index (χ1v) is 5.59. The second-order valence-electron chi connectivity index (χ2n) is 4.18. The SMILES string of the molecule is CNCC1CCN(c2ccc(C#N)cn2)C1. The van der Waals surface area contributed by atoms with Crippen LogP contribution >= 0.6 is 0 Å². The molecule has 84 valence electrons. The molecule has 2 heterocycles. The third-order valence-electron chi connectivity index (χ3n) is 2.98. The number of nitriles is 1. The van der Waals surface area contributed by atoms with Gasteiger partial charge in [0, 0.05) is 19.3 Å². The van der Waals surface area contributed by atoms with Crippen LogP contribution in [-0.4, -0.2) is 31.7 Å². The van der Waals surface area contributed by atoms with E-state index < -0.39 is 0 Å². The summed E-state index contributed by atoms with van der Waals surface area (Å²) in [4.78, 5) is 6.59. The summed E-state index contributed by atoms with van der Waals surface area (Å²) in [5.74, 6) is 1.69. The molecule has 0 aromatic carbocycles. The van der Waals surface area contributed by atoms with E-state index in [-0.39, 0.29) is 0 Å². The van der Waals surface area contributed by atoms with Gasteiger partial charge in [-0.05, 0) is 38.1 Å². The van der Waals surface area contributed by atoms with Crippen molar-refractivity contribution < 1.29 is 0 Å². The average molecular weight is 216 g/mol. The molecular weight excluding hydrogens is 200 g/mol. The molecule has 1 unspecified atom stereocenters. The molecule has 1 aliphatic rings. The van der Waals surface area contributed by atoms with Crippen molar-refractivity contribution in [1.82, 2.24) is 10.3 Å². The summed E-state index contributed by atoms with van der Waals surface area (Å²) in [7, 11) is 1.99. The lowest BCUT2D eigenvalue weighted by molar-refractivity contribution is 0.549. The summed E-state index contributed by atoms with van der Waals surface area (Å²) >= 11 is 0. The Morgan fingerprint density at radius 3 is 3.12 bits per heavy atom. The smallest absolute Gasteiger partial charge is 0.128 e. The standard InChI is InChI=1S/C12H16N4/c1-14-7-11-4-5-16(9-11)12-3-2-10(6-13)8-15-12/h2-3,8,11,14H,4-5,7,9H2,1H3. The summed E-state index contributed by atoms with van der Waals surface area (Å²) in [6.45, 7) is 3.18. The van der Waals surface area contributed by atoms with Crippen molar-refractivity contribution >= 4 is 5.82 Å². The second kappa shape index (κ2) is 4.95. The Bertz CT molecular complexity index is 379. The number of rotatable bonds is 3. The zero-order valence-electron chi connectivity index (χ0n) is 9.48. The number of pyridine rings is 1. The topological polar surface area (TPSA) is 52.0 Å². The van der Waals surface area contributed by atoms with Gasteiger partial charge in [-0.3, -0.25) is 0 Å². The predicted molar refractivity (Wildman–Crippen MR) is 63.2 cm³/mol. The fourth-order valence-electron chi connectivity index (χ4n) is 2.14. The van der Waals surface area contributed by atoms with Crippen LogP contribution in [0.2, 0.25) is 0 Å². The molecular formula is C12H16N4. The van der Waals surface area contributed by atoms with Gasteiger partial charge in [-0.1, -0.05) is 0 Å². The van der Waals surface area contributed by atoms with E-state index >= 15 is 0 Å². The van der Waals surface area contributed by atoms with Gasteiger partial charge in [-0.2, -0.15) is 5.26 Å². The van der Waals surface area contributed by atoms with Gasteiger partial charge >= 0.3 is 0 Å². The molecule has 4 nitrogen and oxygen atoms in total. The number of anilines is 1. The predicted octanol–water partition coefficient (Wildman–Crippen LogP) is 0.999. The van der Waals surface area contributed by atoms with Crippen molar-refractivity contribution in [3.8, 4) is 6.07 Å². The van der Waals surface area contributed by atoms with Crippen LogP contribution in [0.3, 0.4) is 0 Å². The minimum absolute atomic E-state index is 0.620. The minimum atomic E-state index is 0.620. The van der Waals surface area contributed by atoms with Crippen LogP contribution < -0.4 is 10.2 Å². The average Bonchev–Trinajstić information content (AvgIpc) is 2.78. The Morgan fingerprint density at radius 1 is 1.62 bits per heavy atom. The Morgan fingerprint density at radius 2 is 2.50 bits per heavy atom. The van der Waals surface area contributed by atoms with Crippen LogP contribution in [0, 0.1) is 17.2 Å². The van der Waals surface area contributed by atoms with Crippen molar-refractivity contribution in [3.63, 3.8) is 0 Å². The highest BCUT2D eigenvalue weighted by Gasteiger charge is 2.22. The summed E-state index contributed by atoms with van der Waals surface area (Å²) < 4.78 is 0. The van der Waals surface area contributed by atoms with Gasteiger partial charge in [0.25, 0.3) is 0 Å². The van der Waals surface area contributed by atoms with Gasteiger partial charge < -0.3 is 10.2 Å². The highest BCUT2D eigenvalue weighted by molar-refractivity contribution is 5.42. The molecule has 0 radical (unpaired) electrons. The first kappa shape index (κ1) is 10.9. The first-order chi connectivity index (χ1) is 7.83. The highest BCUT2D eigenvalue weighted by Crippen LogP contribution is 2.21. The number of hydrogen-bond acceptors (Lipinski definition) is 4. The van der Waals surface area contributed by atoms with Gasteiger partial charge in [-0.25, -0.2) is 4.98 Å². The van der Waals surface area contributed by atoms with Gasteiger partial charge in [0.15, 0.2) is 0 Å². The van der Waals surface area contributed by atoms with Gasteiger partial charge in [0.2, 0.25) is 0 Å². The van der Waals surface area contributed by atoms with E-state index in [4.69, 9.17) is 5.26 Å². The molecule has 1 atom stereocenters. The molecule has 0 amide bonds. The normalized spacial score (nSPS) is 19.8.